The van der Waals surface area contributed by atoms with Gasteiger partial charge in [-0.25, -0.2) is 8.42 Å². The van der Waals surface area contributed by atoms with Crippen LogP contribution >= 0.6 is 0 Å². The standard InChI is InChI=1S/C10H23NO3S/c1-9(2)11(8-14-10(3)4)6-7-15(5,12)13/h9-10H,6-8H2,1-5H3. The maximum Gasteiger partial charge on any atom is 0.148 e. The lowest BCUT2D eigenvalue weighted by Crippen LogP contribution is -2.37. The zero-order valence-electron chi connectivity index (χ0n) is 10.4. The summed E-state index contributed by atoms with van der Waals surface area (Å²) in [6.07, 6.45) is 1.43. The van der Waals surface area contributed by atoms with E-state index in [0.29, 0.717) is 19.3 Å². The minimum absolute atomic E-state index is 0.171. The molecule has 0 rings (SSSR count). The minimum Gasteiger partial charge on any atom is -0.363 e. The van der Waals surface area contributed by atoms with E-state index < -0.39 is 9.84 Å². The summed E-state index contributed by atoms with van der Waals surface area (Å²) in [5.41, 5.74) is 0. The molecule has 0 amide bonds. The first-order valence-electron chi connectivity index (χ1n) is 5.25. The number of rotatable bonds is 7. The van der Waals surface area contributed by atoms with Crippen LogP contribution in [0.3, 0.4) is 0 Å². The first-order chi connectivity index (χ1) is 6.72. The van der Waals surface area contributed by atoms with Gasteiger partial charge in [-0.3, -0.25) is 4.90 Å². The molecular weight excluding hydrogens is 214 g/mol. The molecule has 15 heavy (non-hydrogen) atoms. The van der Waals surface area contributed by atoms with Gasteiger partial charge in [0.1, 0.15) is 9.84 Å². The fourth-order valence-electron chi connectivity index (χ4n) is 1.000. The Balaban J connectivity index is 4.06. The van der Waals surface area contributed by atoms with E-state index in [4.69, 9.17) is 4.74 Å². The van der Waals surface area contributed by atoms with Gasteiger partial charge in [0.2, 0.25) is 0 Å². The van der Waals surface area contributed by atoms with Crippen molar-refractivity contribution in [3.05, 3.63) is 0 Å². The summed E-state index contributed by atoms with van der Waals surface area (Å²) in [7, 11) is -2.89. The van der Waals surface area contributed by atoms with E-state index in [1.807, 2.05) is 32.6 Å². The molecule has 0 fully saturated rings. The lowest BCUT2D eigenvalue weighted by atomic mass is 10.3. The molecule has 0 heterocycles. The van der Waals surface area contributed by atoms with Gasteiger partial charge in [0.15, 0.2) is 0 Å². The second-order valence-electron chi connectivity index (χ2n) is 4.38. The van der Waals surface area contributed by atoms with Gasteiger partial charge in [-0.2, -0.15) is 0 Å². The largest absolute Gasteiger partial charge is 0.363 e. The van der Waals surface area contributed by atoms with Gasteiger partial charge in [-0.05, 0) is 27.7 Å². The van der Waals surface area contributed by atoms with Crippen molar-refractivity contribution in [2.45, 2.75) is 39.8 Å². The van der Waals surface area contributed by atoms with Crippen molar-refractivity contribution in [2.75, 3.05) is 25.3 Å². The van der Waals surface area contributed by atoms with E-state index in [1.54, 1.807) is 0 Å². The van der Waals surface area contributed by atoms with Crippen LogP contribution in [0.25, 0.3) is 0 Å². The molecule has 0 unspecified atom stereocenters. The highest BCUT2D eigenvalue weighted by Crippen LogP contribution is 2.01. The predicted molar refractivity (Wildman–Crippen MR) is 62.6 cm³/mol. The van der Waals surface area contributed by atoms with Crippen molar-refractivity contribution >= 4 is 9.84 Å². The molecule has 5 heteroatoms. The van der Waals surface area contributed by atoms with Crippen LogP contribution in [0.5, 0.6) is 0 Å². The number of ether oxygens (including phenoxy) is 1. The fraction of sp³-hybridized carbons (Fsp3) is 1.00. The Morgan fingerprint density at radius 3 is 2.07 bits per heavy atom. The van der Waals surface area contributed by atoms with Gasteiger partial charge < -0.3 is 4.74 Å². The summed E-state index contributed by atoms with van der Waals surface area (Å²) in [5, 5.41) is 0. The smallest absolute Gasteiger partial charge is 0.148 e. The molecule has 0 saturated heterocycles. The van der Waals surface area contributed by atoms with Gasteiger partial charge in [0.25, 0.3) is 0 Å². The van der Waals surface area contributed by atoms with E-state index in [1.165, 1.54) is 6.26 Å². The van der Waals surface area contributed by atoms with Crippen molar-refractivity contribution in [3.8, 4) is 0 Å². The Morgan fingerprint density at radius 1 is 1.20 bits per heavy atom. The zero-order valence-corrected chi connectivity index (χ0v) is 11.2. The third-order valence-corrected chi connectivity index (χ3v) is 2.98. The van der Waals surface area contributed by atoms with Crippen LogP contribution < -0.4 is 0 Å². The minimum atomic E-state index is -2.89. The lowest BCUT2D eigenvalue weighted by Gasteiger charge is -2.26. The quantitative estimate of drug-likeness (QED) is 0.623. The highest BCUT2D eigenvalue weighted by Gasteiger charge is 2.12. The van der Waals surface area contributed by atoms with E-state index in [9.17, 15) is 8.42 Å². The Bertz CT molecular complexity index is 260. The molecule has 0 aromatic carbocycles. The Kier molecular flexibility index (Phi) is 6.40. The van der Waals surface area contributed by atoms with Gasteiger partial charge in [0, 0.05) is 18.8 Å². The van der Waals surface area contributed by atoms with Gasteiger partial charge in [-0.15, -0.1) is 0 Å². The molecular formula is C10H23NO3S. The first kappa shape index (κ1) is 14.9. The molecule has 0 aromatic heterocycles. The van der Waals surface area contributed by atoms with Crippen molar-refractivity contribution in [3.63, 3.8) is 0 Å². The summed E-state index contributed by atoms with van der Waals surface area (Å²) in [4.78, 5) is 2.01. The van der Waals surface area contributed by atoms with Crippen LogP contribution in [0.1, 0.15) is 27.7 Å². The number of hydrogen-bond acceptors (Lipinski definition) is 4. The summed E-state index contributed by atoms with van der Waals surface area (Å²) in [6.45, 7) is 9.02. The Morgan fingerprint density at radius 2 is 1.73 bits per heavy atom. The number of nitrogens with zero attached hydrogens (tertiary/aromatic N) is 1. The molecule has 0 aromatic rings. The monoisotopic (exact) mass is 237 g/mol. The average Bonchev–Trinajstić information content (AvgIpc) is 2.00. The summed E-state index contributed by atoms with van der Waals surface area (Å²) < 4.78 is 27.5. The third kappa shape index (κ3) is 8.84. The van der Waals surface area contributed by atoms with Crippen LogP contribution in [0.4, 0.5) is 0 Å². The van der Waals surface area contributed by atoms with Gasteiger partial charge in [0.05, 0.1) is 18.6 Å². The molecule has 0 aliphatic rings. The normalized spacial score (nSPS) is 13.1. The number of sulfone groups is 1. The maximum atomic E-state index is 11.0. The second-order valence-corrected chi connectivity index (χ2v) is 6.64. The maximum absolute atomic E-state index is 11.0. The van der Waals surface area contributed by atoms with E-state index in [0.717, 1.165) is 0 Å². The molecule has 0 radical (unpaired) electrons. The van der Waals surface area contributed by atoms with Crippen LogP contribution in [0.2, 0.25) is 0 Å². The van der Waals surface area contributed by atoms with Crippen molar-refractivity contribution in [1.82, 2.24) is 4.90 Å². The van der Waals surface area contributed by atoms with E-state index >= 15 is 0 Å². The van der Waals surface area contributed by atoms with Crippen LogP contribution in [0, 0.1) is 0 Å². The molecule has 92 valence electrons. The number of hydrogen-bond donors (Lipinski definition) is 0. The highest BCUT2D eigenvalue weighted by molar-refractivity contribution is 7.90. The van der Waals surface area contributed by atoms with Crippen LogP contribution in [-0.2, 0) is 14.6 Å². The summed E-state index contributed by atoms with van der Waals surface area (Å²) >= 11 is 0. The molecule has 0 saturated carbocycles. The zero-order chi connectivity index (χ0) is 12.1. The van der Waals surface area contributed by atoms with Gasteiger partial charge in [-0.1, -0.05) is 0 Å². The predicted octanol–water partition coefficient (Wildman–Crippen LogP) is 1.12. The molecule has 0 N–H and O–H groups in total. The molecule has 0 aliphatic carbocycles. The second kappa shape index (κ2) is 6.45. The first-order valence-corrected chi connectivity index (χ1v) is 7.32. The Hall–Kier alpha value is -0.130. The van der Waals surface area contributed by atoms with Crippen molar-refractivity contribution < 1.29 is 13.2 Å². The highest BCUT2D eigenvalue weighted by atomic mass is 32.2. The van der Waals surface area contributed by atoms with Gasteiger partial charge >= 0.3 is 0 Å². The third-order valence-electron chi connectivity index (χ3n) is 2.05. The Labute approximate surface area is 93.5 Å². The lowest BCUT2D eigenvalue weighted by molar-refractivity contribution is -0.0167. The SMILES string of the molecule is CC(C)OCN(CCS(C)(=O)=O)C(C)C. The van der Waals surface area contributed by atoms with Crippen LogP contribution in [0.15, 0.2) is 0 Å². The van der Waals surface area contributed by atoms with E-state index in [-0.39, 0.29) is 11.9 Å². The summed E-state index contributed by atoms with van der Waals surface area (Å²) in [5.74, 6) is 0.187. The molecule has 0 spiro atoms. The van der Waals surface area contributed by atoms with Crippen LogP contribution in [-0.4, -0.2) is 50.7 Å². The molecule has 4 nitrogen and oxygen atoms in total. The summed E-state index contributed by atoms with van der Waals surface area (Å²) in [6, 6.07) is 0.297. The average molecular weight is 237 g/mol. The molecule has 0 atom stereocenters. The van der Waals surface area contributed by atoms with E-state index in [2.05, 4.69) is 0 Å². The molecule has 0 bridgehead atoms. The molecule has 0 aliphatic heterocycles. The topological polar surface area (TPSA) is 46.6 Å². The van der Waals surface area contributed by atoms with Crippen molar-refractivity contribution in [1.29, 1.82) is 0 Å². The van der Waals surface area contributed by atoms with Crippen molar-refractivity contribution in [2.24, 2.45) is 0 Å². The fourth-order valence-corrected chi connectivity index (χ4v) is 1.57.